The zero-order valence-electron chi connectivity index (χ0n) is 9.95. The van der Waals surface area contributed by atoms with Crippen molar-refractivity contribution in [2.75, 3.05) is 24.7 Å². The van der Waals surface area contributed by atoms with E-state index in [0.29, 0.717) is 29.7 Å². The Bertz CT molecular complexity index is 454. The van der Waals surface area contributed by atoms with E-state index in [-0.39, 0.29) is 11.9 Å². The van der Waals surface area contributed by atoms with Crippen molar-refractivity contribution in [1.29, 1.82) is 0 Å². The van der Waals surface area contributed by atoms with Crippen LogP contribution in [0.4, 0.5) is 5.69 Å². The van der Waals surface area contributed by atoms with Crippen molar-refractivity contribution in [2.24, 2.45) is 5.92 Å². The average Bonchev–Trinajstić information content (AvgIpc) is 2.78. The molecule has 1 N–H and O–H groups in total. The number of nitrogens with one attached hydrogen (secondary N) is 1. The second kappa shape index (κ2) is 5.78. The van der Waals surface area contributed by atoms with E-state index in [4.69, 9.17) is 27.9 Å². The summed E-state index contributed by atoms with van der Waals surface area (Å²) in [6, 6.07) is 5.27. The Morgan fingerprint density at radius 1 is 1.56 bits per heavy atom. The van der Waals surface area contributed by atoms with Crippen molar-refractivity contribution in [1.82, 2.24) is 5.43 Å². The van der Waals surface area contributed by atoms with Crippen LogP contribution in [0.2, 0.25) is 10.0 Å². The van der Waals surface area contributed by atoms with Gasteiger partial charge >= 0.3 is 5.97 Å². The fraction of sp³-hybridized carbons (Fsp3) is 0.417. The van der Waals surface area contributed by atoms with E-state index in [0.717, 1.165) is 5.69 Å². The molecular weight excluding hydrogens is 275 g/mol. The van der Waals surface area contributed by atoms with Crippen molar-refractivity contribution in [3.63, 3.8) is 0 Å². The molecule has 0 radical (unpaired) electrons. The van der Waals surface area contributed by atoms with Crippen LogP contribution in [-0.4, -0.2) is 25.7 Å². The number of carbonyl (C=O) groups is 1. The molecule has 18 heavy (non-hydrogen) atoms. The zero-order chi connectivity index (χ0) is 13.1. The lowest BCUT2D eigenvalue weighted by Gasteiger charge is -2.19. The smallest absolute Gasteiger partial charge is 0.312 e. The number of esters is 1. The van der Waals surface area contributed by atoms with Crippen LogP contribution in [0.1, 0.15) is 6.92 Å². The number of rotatable bonds is 3. The highest BCUT2D eigenvalue weighted by atomic mass is 35.5. The number of hydrogen-bond donors (Lipinski definition) is 1. The highest BCUT2D eigenvalue weighted by Crippen LogP contribution is 2.29. The van der Waals surface area contributed by atoms with Crippen LogP contribution >= 0.6 is 23.2 Å². The van der Waals surface area contributed by atoms with Crippen molar-refractivity contribution in [2.45, 2.75) is 6.92 Å². The third-order valence-electron chi connectivity index (χ3n) is 2.75. The van der Waals surface area contributed by atoms with Gasteiger partial charge in [-0.25, -0.2) is 5.43 Å². The lowest BCUT2D eigenvalue weighted by atomic mass is 10.1. The van der Waals surface area contributed by atoms with Gasteiger partial charge in [0.05, 0.1) is 23.2 Å². The van der Waals surface area contributed by atoms with E-state index in [1.54, 1.807) is 19.1 Å². The van der Waals surface area contributed by atoms with Crippen molar-refractivity contribution in [3.8, 4) is 0 Å². The highest BCUT2D eigenvalue weighted by molar-refractivity contribution is 6.36. The van der Waals surface area contributed by atoms with Crippen LogP contribution in [0.15, 0.2) is 18.2 Å². The minimum atomic E-state index is -0.183. The number of hydrazine groups is 1. The minimum absolute atomic E-state index is 0.170. The maximum Gasteiger partial charge on any atom is 0.312 e. The Hall–Kier alpha value is -0.970. The summed E-state index contributed by atoms with van der Waals surface area (Å²) in [4.78, 5) is 11.6. The van der Waals surface area contributed by atoms with Crippen molar-refractivity contribution in [3.05, 3.63) is 28.2 Å². The molecule has 98 valence electrons. The maximum atomic E-state index is 11.6. The molecule has 6 heteroatoms. The molecule has 0 saturated carbocycles. The first kappa shape index (κ1) is 13.5. The van der Waals surface area contributed by atoms with E-state index in [9.17, 15) is 4.79 Å². The van der Waals surface area contributed by atoms with Gasteiger partial charge in [0.2, 0.25) is 0 Å². The maximum absolute atomic E-state index is 11.6. The SMILES string of the molecule is CCOC(=O)C1CNN(c2ccc(Cl)cc2Cl)C1. The molecule has 0 aromatic heterocycles. The molecule has 1 unspecified atom stereocenters. The number of hydrogen-bond acceptors (Lipinski definition) is 4. The molecule has 1 saturated heterocycles. The number of carbonyl (C=O) groups excluding carboxylic acids is 1. The largest absolute Gasteiger partial charge is 0.466 e. The summed E-state index contributed by atoms with van der Waals surface area (Å²) < 4.78 is 5.00. The molecule has 1 atom stereocenters. The first-order valence-corrected chi connectivity index (χ1v) is 6.50. The summed E-state index contributed by atoms with van der Waals surface area (Å²) in [5, 5.41) is 2.99. The Morgan fingerprint density at radius 3 is 3.00 bits per heavy atom. The number of anilines is 1. The Morgan fingerprint density at radius 2 is 2.33 bits per heavy atom. The van der Waals surface area contributed by atoms with Crippen molar-refractivity contribution >= 4 is 34.9 Å². The number of nitrogens with zero attached hydrogens (tertiary/aromatic N) is 1. The molecule has 1 aromatic carbocycles. The van der Waals surface area contributed by atoms with Crippen LogP contribution in [0, 0.1) is 5.92 Å². The lowest BCUT2D eigenvalue weighted by Crippen LogP contribution is -2.30. The summed E-state index contributed by atoms with van der Waals surface area (Å²) >= 11 is 12.0. The molecule has 0 aliphatic carbocycles. The molecule has 4 nitrogen and oxygen atoms in total. The van der Waals surface area contributed by atoms with Gasteiger partial charge in [-0.05, 0) is 25.1 Å². The van der Waals surface area contributed by atoms with Gasteiger partial charge in [-0.2, -0.15) is 0 Å². The molecule has 1 aromatic rings. The molecule has 0 bridgehead atoms. The molecular formula is C12H14Cl2N2O2. The number of ether oxygens (including phenoxy) is 1. The van der Waals surface area contributed by atoms with Gasteiger partial charge in [-0.15, -0.1) is 0 Å². The minimum Gasteiger partial charge on any atom is -0.466 e. The van der Waals surface area contributed by atoms with Gasteiger partial charge in [0.1, 0.15) is 0 Å². The normalized spacial score (nSPS) is 19.1. The second-order valence-corrected chi connectivity index (χ2v) is 4.86. The lowest BCUT2D eigenvalue weighted by molar-refractivity contribution is -0.146. The van der Waals surface area contributed by atoms with Crippen LogP contribution in [0.25, 0.3) is 0 Å². The fourth-order valence-corrected chi connectivity index (χ4v) is 2.38. The Labute approximate surface area is 116 Å². The molecule has 0 spiro atoms. The van der Waals surface area contributed by atoms with Gasteiger partial charge in [-0.3, -0.25) is 4.79 Å². The topological polar surface area (TPSA) is 41.6 Å². The molecule has 1 aliphatic heterocycles. The summed E-state index contributed by atoms with van der Waals surface area (Å²) in [6.07, 6.45) is 0. The summed E-state index contributed by atoms with van der Waals surface area (Å²) in [7, 11) is 0. The molecule has 1 heterocycles. The summed E-state index contributed by atoms with van der Waals surface area (Å²) in [6.45, 7) is 3.29. The average molecular weight is 289 g/mol. The predicted molar refractivity (Wildman–Crippen MR) is 71.9 cm³/mol. The third-order valence-corrected chi connectivity index (χ3v) is 3.29. The summed E-state index contributed by atoms with van der Waals surface area (Å²) in [5.74, 6) is -0.353. The molecule has 0 amide bonds. The monoisotopic (exact) mass is 288 g/mol. The van der Waals surface area contributed by atoms with Gasteiger partial charge in [-0.1, -0.05) is 23.2 Å². The molecule has 1 aliphatic rings. The van der Waals surface area contributed by atoms with Gasteiger partial charge in [0.15, 0.2) is 0 Å². The van der Waals surface area contributed by atoms with Crippen LogP contribution in [0.5, 0.6) is 0 Å². The van der Waals surface area contributed by atoms with Crippen molar-refractivity contribution < 1.29 is 9.53 Å². The number of halogens is 2. The quantitative estimate of drug-likeness (QED) is 0.868. The molecule has 1 fully saturated rings. The van der Waals surface area contributed by atoms with E-state index in [1.165, 1.54) is 0 Å². The standard InChI is InChI=1S/C12H14Cl2N2O2/c1-2-18-12(17)8-6-15-16(7-8)11-4-3-9(13)5-10(11)14/h3-5,8,15H,2,6-7H2,1H3. The Balaban J connectivity index is 2.06. The zero-order valence-corrected chi connectivity index (χ0v) is 11.5. The first-order chi connectivity index (χ1) is 8.61. The molecule has 2 rings (SSSR count). The predicted octanol–water partition coefficient (Wildman–Crippen LogP) is 2.50. The van der Waals surface area contributed by atoms with E-state index < -0.39 is 0 Å². The van der Waals surface area contributed by atoms with Crippen LogP contribution in [0.3, 0.4) is 0 Å². The summed E-state index contributed by atoms with van der Waals surface area (Å²) in [5.41, 5.74) is 3.94. The Kier molecular flexibility index (Phi) is 4.32. The third kappa shape index (κ3) is 2.88. The highest BCUT2D eigenvalue weighted by Gasteiger charge is 2.30. The van der Waals surface area contributed by atoms with E-state index >= 15 is 0 Å². The van der Waals surface area contributed by atoms with Crippen LogP contribution < -0.4 is 10.4 Å². The van der Waals surface area contributed by atoms with E-state index in [1.807, 2.05) is 11.1 Å². The van der Waals surface area contributed by atoms with Gasteiger partial charge in [0, 0.05) is 18.1 Å². The number of benzene rings is 1. The van der Waals surface area contributed by atoms with Crippen LogP contribution in [-0.2, 0) is 9.53 Å². The van der Waals surface area contributed by atoms with E-state index in [2.05, 4.69) is 5.43 Å². The second-order valence-electron chi connectivity index (χ2n) is 4.02. The van der Waals surface area contributed by atoms with Gasteiger partial charge in [0.25, 0.3) is 0 Å². The first-order valence-electron chi connectivity index (χ1n) is 5.74. The fourth-order valence-electron chi connectivity index (χ4n) is 1.87. The van der Waals surface area contributed by atoms with Gasteiger partial charge < -0.3 is 9.75 Å².